The normalized spacial score (nSPS) is 17.0. The molecule has 0 aromatic rings. The topological polar surface area (TPSA) is 75.4 Å². The first-order chi connectivity index (χ1) is 8.47. The molecule has 6 heteroatoms. The molecule has 1 fully saturated rings. The van der Waals surface area contributed by atoms with Crippen LogP contribution in [0.15, 0.2) is 0 Å². The summed E-state index contributed by atoms with van der Waals surface area (Å²) in [4.78, 5) is 25.8. The van der Waals surface area contributed by atoms with Crippen LogP contribution in [0.4, 0.5) is 0 Å². The molecule has 1 aliphatic heterocycles. The Morgan fingerprint density at radius 3 is 2.56 bits per heavy atom. The molecule has 0 saturated carbocycles. The number of amides is 2. The van der Waals surface area contributed by atoms with E-state index in [1.54, 1.807) is 4.90 Å². The molecule has 2 amide bonds. The van der Waals surface area contributed by atoms with Crippen molar-refractivity contribution in [2.75, 3.05) is 19.6 Å². The second-order valence-corrected chi connectivity index (χ2v) is 4.99. The van der Waals surface area contributed by atoms with E-state index in [4.69, 9.17) is 18.0 Å². The van der Waals surface area contributed by atoms with Crippen LogP contribution in [0.1, 0.15) is 33.1 Å². The number of nitrogens with two attached hydrogens (primary N) is 1. The van der Waals surface area contributed by atoms with Gasteiger partial charge in [-0.05, 0) is 12.8 Å². The molecule has 0 aliphatic carbocycles. The van der Waals surface area contributed by atoms with Crippen LogP contribution in [0.25, 0.3) is 0 Å². The number of thiocarbonyl (C=S) groups is 1. The maximum atomic E-state index is 12.6. The van der Waals surface area contributed by atoms with Crippen LogP contribution < -0.4 is 11.1 Å². The summed E-state index contributed by atoms with van der Waals surface area (Å²) in [6.07, 6.45) is 1.53. The summed E-state index contributed by atoms with van der Waals surface area (Å²) in [5, 5.41) is 2.75. The molecule has 0 unspecified atom stereocenters. The van der Waals surface area contributed by atoms with E-state index in [1.165, 1.54) is 0 Å². The third-order valence-electron chi connectivity index (χ3n) is 3.69. The predicted molar refractivity (Wildman–Crippen MR) is 74.0 cm³/mol. The number of rotatable bonds is 4. The van der Waals surface area contributed by atoms with Gasteiger partial charge in [0, 0.05) is 26.1 Å². The maximum Gasteiger partial charge on any atom is 0.235 e. The summed E-state index contributed by atoms with van der Waals surface area (Å²) in [5.41, 5.74) is 5.01. The Morgan fingerprint density at radius 1 is 1.44 bits per heavy atom. The summed E-state index contributed by atoms with van der Waals surface area (Å²) < 4.78 is 0. The third-order valence-corrected chi connectivity index (χ3v) is 4.08. The zero-order valence-corrected chi connectivity index (χ0v) is 11.8. The van der Waals surface area contributed by atoms with Crippen LogP contribution in [-0.4, -0.2) is 41.3 Å². The first-order valence-electron chi connectivity index (χ1n) is 6.34. The van der Waals surface area contributed by atoms with Gasteiger partial charge in [0.05, 0.1) is 10.4 Å². The van der Waals surface area contributed by atoms with E-state index in [0.717, 1.165) is 0 Å². The highest BCUT2D eigenvalue weighted by molar-refractivity contribution is 7.80. The minimum absolute atomic E-state index is 0.0146. The molecule has 1 rings (SSSR count). The fraction of sp³-hybridized carbons (Fsp3) is 0.750. The van der Waals surface area contributed by atoms with Crippen molar-refractivity contribution in [2.24, 2.45) is 11.1 Å². The minimum atomic E-state index is -0.761. The van der Waals surface area contributed by atoms with Gasteiger partial charge in [0.1, 0.15) is 0 Å². The largest absolute Gasteiger partial charge is 0.392 e. The van der Waals surface area contributed by atoms with Gasteiger partial charge in [-0.25, -0.2) is 0 Å². The first kappa shape index (κ1) is 14.9. The van der Waals surface area contributed by atoms with Crippen molar-refractivity contribution in [3.8, 4) is 0 Å². The number of carbonyl (C=O) groups is 2. The predicted octanol–water partition coefficient (Wildman–Crippen LogP) is 0.427. The van der Waals surface area contributed by atoms with Gasteiger partial charge in [0.2, 0.25) is 11.8 Å². The van der Waals surface area contributed by atoms with Crippen molar-refractivity contribution in [3.63, 3.8) is 0 Å². The Kier molecular flexibility index (Phi) is 5.07. The van der Waals surface area contributed by atoms with Gasteiger partial charge >= 0.3 is 0 Å². The number of carbonyl (C=O) groups excluding carboxylic acids is 2. The Hall–Kier alpha value is -1.17. The lowest BCUT2D eigenvalue weighted by Crippen LogP contribution is -2.50. The average Bonchev–Trinajstić information content (AvgIpc) is 2.55. The quantitative estimate of drug-likeness (QED) is 0.727. The van der Waals surface area contributed by atoms with Gasteiger partial charge in [-0.3, -0.25) is 9.59 Å². The Bertz CT molecular complexity index is 353. The van der Waals surface area contributed by atoms with Crippen molar-refractivity contribution < 1.29 is 9.59 Å². The van der Waals surface area contributed by atoms with E-state index in [1.807, 2.05) is 13.8 Å². The third kappa shape index (κ3) is 2.80. The van der Waals surface area contributed by atoms with Crippen LogP contribution in [-0.2, 0) is 9.59 Å². The molecule has 0 spiro atoms. The zero-order chi connectivity index (χ0) is 13.8. The van der Waals surface area contributed by atoms with Gasteiger partial charge in [0.15, 0.2) is 0 Å². The molecule has 18 heavy (non-hydrogen) atoms. The fourth-order valence-corrected chi connectivity index (χ4v) is 2.66. The van der Waals surface area contributed by atoms with Crippen molar-refractivity contribution in [1.29, 1.82) is 0 Å². The Balaban J connectivity index is 2.89. The van der Waals surface area contributed by atoms with Crippen LogP contribution >= 0.6 is 12.2 Å². The van der Waals surface area contributed by atoms with E-state index < -0.39 is 5.41 Å². The molecule has 5 nitrogen and oxygen atoms in total. The van der Waals surface area contributed by atoms with Crippen molar-refractivity contribution in [3.05, 3.63) is 0 Å². The van der Waals surface area contributed by atoms with Crippen LogP contribution in [0.5, 0.6) is 0 Å². The Morgan fingerprint density at radius 2 is 2.06 bits per heavy atom. The summed E-state index contributed by atoms with van der Waals surface area (Å²) in [5.74, 6) is -0.0595. The van der Waals surface area contributed by atoms with Crippen molar-refractivity contribution in [1.82, 2.24) is 10.2 Å². The molecule has 0 aromatic heterocycles. The lowest BCUT2D eigenvalue weighted by atomic mass is 9.80. The van der Waals surface area contributed by atoms with Gasteiger partial charge in [0.25, 0.3) is 0 Å². The van der Waals surface area contributed by atoms with E-state index in [9.17, 15) is 9.59 Å². The molecular weight excluding hydrogens is 250 g/mol. The van der Waals surface area contributed by atoms with Gasteiger partial charge in [-0.15, -0.1) is 0 Å². The highest BCUT2D eigenvalue weighted by Gasteiger charge is 2.41. The number of hydrogen-bond donors (Lipinski definition) is 2. The molecule has 102 valence electrons. The lowest BCUT2D eigenvalue weighted by Gasteiger charge is -2.34. The highest BCUT2D eigenvalue weighted by atomic mass is 32.1. The Labute approximate surface area is 113 Å². The van der Waals surface area contributed by atoms with Gasteiger partial charge in [-0.2, -0.15) is 0 Å². The fourth-order valence-electron chi connectivity index (χ4n) is 2.28. The standard InChI is InChI=1S/C12H21N3O2S/c1-3-12(4-2,10(13)18)11(17)15-7-5-9(16)14-6-8-15/h3-8H2,1-2H3,(H2,13,18)(H,14,16). The molecular formula is C12H21N3O2S. The van der Waals surface area contributed by atoms with Gasteiger partial charge < -0.3 is 16.0 Å². The van der Waals surface area contributed by atoms with Crippen LogP contribution in [0.2, 0.25) is 0 Å². The number of nitrogens with zero attached hydrogens (tertiary/aromatic N) is 1. The first-order valence-corrected chi connectivity index (χ1v) is 6.74. The van der Waals surface area contributed by atoms with Gasteiger partial charge in [-0.1, -0.05) is 26.1 Å². The summed E-state index contributed by atoms with van der Waals surface area (Å²) in [6.45, 7) is 5.29. The van der Waals surface area contributed by atoms with Crippen molar-refractivity contribution in [2.45, 2.75) is 33.1 Å². The highest BCUT2D eigenvalue weighted by Crippen LogP contribution is 2.29. The molecule has 0 aromatic carbocycles. The molecule has 1 aliphatic rings. The van der Waals surface area contributed by atoms with E-state index >= 15 is 0 Å². The SMILES string of the molecule is CCC(CC)(C(=O)N1CCNC(=O)CC1)C(N)=S. The second kappa shape index (κ2) is 6.13. The summed E-state index contributed by atoms with van der Waals surface area (Å²) in [7, 11) is 0. The summed E-state index contributed by atoms with van der Waals surface area (Å²) >= 11 is 5.08. The number of hydrogen-bond acceptors (Lipinski definition) is 3. The van der Waals surface area contributed by atoms with E-state index in [2.05, 4.69) is 5.32 Å². The van der Waals surface area contributed by atoms with E-state index in [0.29, 0.717) is 38.9 Å². The average molecular weight is 271 g/mol. The summed E-state index contributed by atoms with van der Waals surface area (Å²) in [6, 6.07) is 0. The van der Waals surface area contributed by atoms with E-state index in [-0.39, 0.29) is 16.8 Å². The molecule has 1 heterocycles. The van der Waals surface area contributed by atoms with Crippen molar-refractivity contribution >= 4 is 29.0 Å². The smallest absolute Gasteiger partial charge is 0.235 e. The molecule has 3 N–H and O–H groups in total. The van der Waals surface area contributed by atoms with Crippen LogP contribution in [0, 0.1) is 5.41 Å². The molecule has 1 saturated heterocycles. The monoisotopic (exact) mass is 271 g/mol. The minimum Gasteiger partial charge on any atom is -0.392 e. The molecule has 0 radical (unpaired) electrons. The maximum absolute atomic E-state index is 12.6. The number of nitrogens with one attached hydrogen (secondary N) is 1. The molecule has 0 bridgehead atoms. The second-order valence-electron chi connectivity index (χ2n) is 4.55. The lowest BCUT2D eigenvalue weighted by molar-refractivity contribution is -0.138. The zero-order valence-electron chi connectivity index (χ0n) is 11.0. The van der Waals surface area contributed by atoms with Crippen LogP contribution in [0.3, 0.4) is 0 Å². The molecule has 0 atom stereocenters.